The Morgan fingerprint density at radius 3 is 2.57 bits per heavy atom. The fourth-order valence-electron chi connectivity index (χ4n) is 2.67. The van der Waals surface area contributed by atoms with Gasteiger partial charge in [0.25, 0.3) is 11.1 Å². The standard InChI is InChI=1S/C21H22FN3O2S/c1-14(12-13-16-8-4-3-5-9-16)23-19(26)15(2)28-21-25-24-20(27-21)17-10-6-7-11-18(17)22/h3-11,14-15H,12-13H2,1-2H3,(H,23,26)/t14-,15-/m0/s1. The molecular weight excluding hydrogens is 377 g/mol. The van der Waals surface area contributed by atoms with Gasteiger partial charge in [-0.3, -0.25) is 4.79 Å². The van der Waals surface area contributed by atoms with Gasteiger partial charge in [-0.2, -0.15) is 0 Å². The first-order valence-corrected chi connectivity index (χ1v) is 10.00. The van der Waals surface area contributed by atoms with E-state index < -0.39 is 11.1 Å². The summed E-state index contributed by atoms with van der Waals surface area (Å²) >= 11 is 1.15. The number of hydrogen-bond donors (Lipinski definition) is 1. The molecule has 1 heterocycles. The van der Waals surface area contributed by atoms with Crippen molar-refractivity contribution >= 4 is 17.7 Å². The minimum atomic E-state index is -0.430. The van der Waals surface area contributed by atoms with Crippen LogP contribution in [0.15, 0.2) is 64.2 Å². The number of nitrogens with one attached hydrogen (secondary N) is 1. The Kier molecular flexibility index (Phi) is 6.81. The highest BCUT2D eigenvalue weighted by Crippen LogP contribution is 2.27. The van der Waals surface area contributed by atoms with Crippen molar-refractivity contribution in [3.05, 3.63) is 66.0 Å². The topological polar surface area (TPSA) is 68.0 Å². The number of hydrogen-bond acceptors (Lipinski definition) is 5. The summed E-state index contributed by atoms with van der Waals surface area (Å²) in [6, 6.07) is 16.4. The fourth-order valence-corrected chi connectivity index (χ4v) is 3.36. The molecule has 0 saturated heterocycles. The van der Waals surface area contributed by atoms with Gasteiger partial charge < -0.3 is 9.73 Å². The van der Waals surface area contributed by atoms with Crippen molar-refractivity contribution in [2.75, 3.05) is 0 Å². The van der Waals surface area contributed by atoms with E-state index >= 15 is 0 Å². The van der Waals surface area contributed by atoms with Crippen LogP contribution < -0.4 is 5.32 Å². The molecule has 1 amide bonds. The molecule has 0 aliphatic heterocycles. The van der Waals surface area contributed by atoms with Crippen LogP contribution in [0, 0.1) is 5.82 Å². The van der Waals surface area contributed by atoms with E-state index in [1.807, 2.05) is 25.1 Å². The van der Waals surface area contributed by atoms with E-state index in [0.29, 0.717) is 0 Å². The lowest BCUT2D eigenvalue weighted by Crippen LogP contribution is -2.37. The zero-order valence-electron chi connectivity index (χ0n) is 15.8. The summed E-state index contributed by atoms with van der Waals surface area (Å²) in [5.41, 5.74) is 1.49. The fraction of sp³-hybridized carbons (Fsp3) is 0.286. The molecule has 28 heavy (non-hydrogen) atoms. The highest BCUT2D eigenvalue weighted by atomic mass is 32.2. The summed E-state index contributed by atoms with van der Waals surface area (Å²) in [5.74, 6) is -0.429. The van der Waals surface area contributed by atoms with Crippen molar-refractivity contribution in [2.24, 2.45) is 0 Å². The maximum atomic E-state index is 13.8. The summed E-state index contributed by atoms with van der Waals surface area (Å²) < 4.78 is 19.3. The van der Waals surface area contributed by atoms with Crippen LogP contribution in [-0.4, -0.2) is 27.4 Å². The minimum absolute atomic E-state index is 0.0485. The molecule has 1 aromatic heterocycles. The Morgan fingerprint density at radius 1 is 1.11 bits per heavy atom. The van der Waals surface area contributed by atoms with Crippen LogP contribution in [0.2, 0.25) is 0 Å². The Labute approximate surface area is 167 Å². The number of benzene rings is 2. The first kappa shape index (κ1) is 20.1. The molecule has 5 nitrogen and oxygen atoms in total. The van der Waals surface area contributed by atoms with Crippen LogP contribution in [0.25, 0.3) is 11.5 Å². The molecule has 3 aromatic rings. The number of nitrogens with zero attached hydrogens (tertiary/aromatic N) is 2. The van der Waals surface area contributed by atoms with E-state index in [4.69, 9.17) is 4.42 Å². The number of aryl methyl sites for hydroxylation is 1. The maximum Gasteiger partial charge on any atom is 0.277 e. The number of rotatable bonds is 8. The molecule has 0 unspecified atom stereocenters. The maximum absolute atomic E-state index is 13.8. The number of carbonyl (C=O) groups excluding carboxylic acids is 1. The lowest BCUT2D eigenvalue weighted by atomic mass is 10.1. The molecular formula is C21H22FN3O2S. The molecule has 0 spiro atoms. The normalized spacial score (nSPS) is 13.1. The van der Waals surface area contributed by atoms with Gasteiger partial charge in [0.2, 0.25) is 5.91 Å². The highest BCUT2D eigenvalue weighted by molar-refractivity contribution is 8.00. The summed E-state index contributed by atoms with van der Waals surface area (Å²) in [6.45, 7) is 3.76. The summed E-state index contributed by atoms with van der Waals surface area (Å²) in [5, 5.41) is 10.6. The molecule has 0 saturated carbocycles. The lowest BCUT2D eigenvalue weighted by molar-refractivity contribution is -0.120. The number of thioether (sulfide) groups is 1. The Hall–Kier alpha value is -2.67. The van der Waals surface area contributed by atoms with Gasteiger partial charge in [0.05, 0.1) is 10.8 Å². The van der Waals surface area contributed by atoms with Crippen molar-refractivity contribution in [2.45, 2.75) is 43.2 Å². The second-order valence-electron chi connectivity index (χ2n) is 6.55. The molecule has 7 heteroatoms. The van der Waals surface area contributed by atoms with Gasteiger partial charge in [-0.1, -0.05) is 54.2 Å². The Balaban J connectivity index is 1.51. The van der Waals surface area contributed by atoms with E-state index in [-0.39, 0.29) is 28.6 Å². The van der Waals surface area contributed by atoms with Crippen LogP contribution in [0.4, 0.5) is 4.39 Å². The molecule has 0 aliphatic rings. The van der Waals surface area contributed by atoms with Crippen molar-refractivity contribution in [3.63, 3.8) is 0 Å². The quantitative estimate of drug-likeness (QED) is 0.565. The van der Waals surface area contributed by atoms with E-state index in [9.17, 15) is 9.18 Å². The summed E-state index contributed by atoms with van der Waals surface area (Å²) in [4.78, 5) is 12.4. The molecule has 2 atom stereocenters. The molecule has 2 aromatic carbocycles. The van der Waals surface area contributed by atoms with Crippen LogP contribution in [-0.2, 0) is 11.2 Å². The summed E-state index contributed by atoms with van der Waals surface area (Å²) in [7, 11) is 0. The summed E-state index contributed by atoms with van der Waals surface area (Å²) in [6.07, 6.45) is 1.75. The van der Waals surface area contributed by atoms with Crippen molar-refractivity contribution in [1.29, 1.82) is 0 Å². The number of amides is 1. The van der Waals surface area contributed by atoms with Gasteiger partial charge >= 0.3 is 0 Å². The number of carbonyl (C=O) groups is 1. The molecule has 1 N–H and O–H groups in total. The molecule has 3 rings (SSSR count). The van der Waals surface area contributed by atoms with Crippen LogP contribution in [0.3, 0.4) is 0 Å². The minimum Gasteiger partial charge on any atom is -0.411 e. The third kappa shape index (κ3) is 5.42. The molecule has 0 bridgehead atoms. The predicted molar refractivity (Wildman–Crippen MR) is 107 cm³/mol. The second-order valence-corrected chi connectivity index (χ2v) is 7.84. The number of aromatic nitrogens is 2. The molecule has 0 radical (unpaired) electrons. The average molecular weight is 399 g/mol. The van der Waals surface area contributed by atoms with Gasteiger partial charge in [0.1, 0.15) is 5.82 Å². The lowest BCUT2D eigenvalue weighted by Gasteiger charge is -2.16. The predicted octanol–water partition coefficient (Wildman–Crippen LogP) is 4.49. The Bertz CT molecular complexity index is 917. The Morgan fingerprint density at radius 2 is 1.82 bits per heavy atom. The van der Waals surface area contributed by atoms with E-state index in [2.05, 4.69) is 27.6 Å². The van der Waals surface area contributed by atoms with Gasteiger partial charge in [-0.15, -0.1) is 10.2 Å². The first-order chi connectivity index (χ1) is 13.5. The van der Waals surface area contributed by atoms with Crippen LogP contribution >= 0.6 is 11.8 Å². The monoisotopic (exact) mass is 399 g/mol. The highest BCUT2D eigenvalue weighted by Gasteiger charge is 2.20. The van der Waals surface area contributed by atoms with E-state index in [0.717, 1.165) is 24.6 Å². The van der Waals surface area contributed by atoms with Crippen LogP contribution in [0.5, 0.6) is 0 Å². The van der Waals surface area contributed by atoms with Gasteiger partial charge in [0, 0.05) is 6.04 Å². The van der Waals surface area contributed by atoms with Crippen molar-refractivity contribution < 1.29 is 13.6 Å². The zero-order chi connectivity index (χ0) is 19.9. The van der Waals surface area contributed by atoms with E-state index in [1.165, 1.54) is 11.6 Å². The van der Waals surface area contributed by atoms with E-state index in [1.54, 1.807) is 25.1 Å². The van der Waals surface area contributed by atoms with Crippen molar-refractivity contribution in [1.82, 2.24) is 15.5 Å². The van der Waals surface area contributed by atoms with Gasteiger partial charge in [-0.25, -0.2) is 4.39 Å². The van der Waals surface area contributed by atoms with Gasteiger partial charge in [0.15, 0.2) is 0 Å². The number of halogens is 1. The smallest absolute Gasteiger partial charge is 0.277 e. The largest absolute Gasteiger partial charge is 0.411 e. The van der Waals surface area contributed by atoms with Crippen molar-refractivity contribution in [3.8, 4) is 11.5 Å². The average Bonchev–Trinajstić information content (AvgIpc) is 3.15. The third-order valence-corrected chi connectivity index (χ3v) is 5.19. The third-order valence-electron chi connectivity index (χ3n) is 4.26. The zero-order valence-corrected chi connectivity index (χ0v) is 16.6. The first-order valence-electron chi connectivity index (χ1n) is 9.12. The molecule has 0 aliphatic carbocycles. The van der Waals surface area contributed by atoms with Gasteiger partial charge in [-0.05, 0) is 44.4 Å². The molecule has 146 valence electrons. The molecule has 0 fully saturated rings. The second kappa shape index (κ2) is 9.50. The SMILES string of the molecule is C[C@H](Sc1nnc(-c2ccccc2F)o1)C(=O)N[C@@H](C)CCc1ccccc1. The van der Waals surface area contributed by atoms with Crippen LogP contribution in [0.1, 0.15) is 25.8 Å².